The molecule has 0 amide bonds. The third-order valence-electron chi connectivity index (χ3n) is 2.52. The molecule has 6 nitrogen and oxygen atoms in total. The molecule has 6 heteroatoms. The standard InChI is InChI=1S/C12H20N2O4/c1-18-11-2-3-12(17)10(8-11)9-13-14(4-6-15)5-7-16/h2-3,8,13,15-17H,4-7,9H2,1H3/q+1. The predicted octanol–water partition coefficient (Wildman–Crippen LogP) is -0.470. The molecule has 0 aliphatic rings. The lowest BCUT2D eigenvalue weighted by molar-refractivity contribution is 0.185. The van der Waals surface area contributed by atoms with E-state index in [1.807, 2.05) is 0 Å². The van der Waals surface area contributed by atoms with E-state index in [-0.39, 0.29) is 19.0 Å². The first-order valence-corrected chi connectivity index (χ1v) is 5.77. The second kappa shape index (κ2) is 7.88. The Hall–Kier alpha value is -1.34. The lowest BCUT2D eigenvalue weighted by Gasteiger charge is -2.12. The van der Waals surface area contributed by atoms with Gasteiger partial charge in [0, 0.05) is 5.56 Å². The molecule has 0 aromatic heterocycles. The summed E-state index contributed by atoms with van der Waals surface area (Å²) in [6, 6.07) is 4.98. The van der Waals surface area contributed by atoms with Crippen LogP contribution in [0.5, 0.6) is 11.5 Å². The minimum absolute atomic E-state index is 0.00288. The van der Waals surface area contributed by atoms with Crippen LogP contribution in [0.4, 0.5) is 0 Å². The molecule has 0 aliphatic carbocycles. The van der Waals surface area contributed by atoms with Gasteiger partial charge in [-0.2, -0.15) is 0 Å². The second-order valence-electron chi connectivity index (χ2n) is 3.76. The van der Waals surface area contributed by atoms with Crippen molar-refractivity contribution in [3.05, 3.63) is 23.8 Å². The van der Waals surface area contributed by atoms with Crippen LogP contribution in [0.2, 0.25) is 0 Å². The van der Waals surface area contributed by atoms with E-state index < -0.39 is 0 Å². The summed E-state index contributed by atoms with van der Waals surface area (Å²) in [6.45, 7) is 1.20. The number of ether oxygens (including phenoxy) is 1. The normalized spacial score (nSPS) is 10.9. The molecule has 1 rings (SSSR count). The molecular formula is C12H20N2O4+. The molecule has 0 aliphatic heterocycles. The van der Waals surface area contributed by atoms with E-state index in [1.54, 1.807) is 30.3 Å². The molecule has 0 unspecified atom stereocenters. The Kier molecular flexibility index (Phi) is 6.45. The van der Waals surface area contributed by atoms with Gasteiger partial charge in [-0.05, 0) is 18.2 Å². The van der Waals surface area contributed by atoms with Gasteiger partial charge in [0.25, 0.3) is 0 Å². The molecular weight excluding hydrogens is 236 g/mol. The van der Waals surface area contributed by atoms with Gasteiger partial charge in [-0.15, -0.1) is 5.43 Å². The van der Waals surface area contributed by atoms with Crippen molar-refractivity contribution in [2.75, 3.05) is 33.4 Å². The molecule has 101 valence electrons. The molecule has 1 radical (unpaired) electrons. The summed E-state index contributed by atoms with van der Waals surface area (Å²) in [4.78, 5) is 0. The number of hydrogen-bond acceptors (Lipinski definition) is 6. The fourth-order valence-corrected chi connectivity index (χ4v) is 1.54. The van der Waals surface area contributed by atoms with E-state index in [0.29, 0.717) is 30.9 Å². The van der Waals surface area contributed by atoms with E-state index in [0.717, 1.165) is 0 Å². The van der Waals surface area contributed by atoms with Gasteiger partial charge < -0.3 is 20.1 Å². The second-order valence-corrected chi connectivity index (χ2v) is 3.76. The van der Waals surface area contributed by atoms with Crippen LogP contribution in [0, 0.1) is 0 Å². The summed E-state index contributed by atoms with van der Waals surface area (Å²) in [5, 5.41) is 29.1. The fraction of sp³-hybridized carbons (Fsp3) is 0.500. The van der Waals surface area contributed by atoms with Crippen LogP contribution in [0.3, 0.4) is 0 Å². The quantitative estimate of drug-likeness (QED) is 0.373. The summed E-state index contributed by atoms with van der Waals surface area (Å²) in [6.07, 6.45) is 0. The maximum atomic E-state index is 9.69. The van der Waals surface area contributed by atoms with Crippen molar-refractivity contribution in [2.45, 2.75) is 6.54 Å². The van der Waals surface area contributed by atoms with Crippen molar-refractivity contribution >= 4 is 0 Å². The van der Waals surface area contributed by atoms with Crippen LogP contribution in [-0.4, -0.2) is 48.7 Å². The summed E-state index contributed by atoms with van der Waals surface area (Å²) in [5.41, 5.74) is 3.72. The first-order chi connectivity index (χ1) is 8.71. The number of rotatable bonds is 8. The van der Waals surface area contributed by atoms with Gasteiger partial charge in [-0.3, -0.25) is 0 Å². The number of aliphatic hydroxyl groups is 2. The van der Waals surface area contributed by atoms with Gasteiger partial charge in [0.1, 0.15) is 11.5 Å². The van der Waals surface area contributed by atoms with Gasteiger partial charge in [-0.1, -0.05) is 5.01 Å². The van der Waals surface area contributed by atoms with Crippen LogP contribution in [0.1, 0.15) is 5.56 Å². The third kappa shape index (κ3) is 4.50. The Morgan fingerprint density at radius 1 is 1.22 bits per heavy atom. The maximum absolute atomic E-state index is 9.69. The van der Waals surface area contributed by atoms with Crippen molar-refractivity contribution in [1.82, 2.24) is 10.4 Å². The fourth-order valence-electron chi connectivity index (χ4n) is 1.54. The molecule has 0 bridgehead atoms. The van der Waals surface area contributed by atoms with Gasteiger partial charge in [0.15, 0.2) is 13.1 Å². The monoisotopic (exact) mass is 256 g/mol. The van der Waals surface area contributed by atoms with Gasteiger partial charge in [0.2, 0.25) is 0 Å². The minimum atomic E-state index is -0.00288. The Morgan fingerprint density at radius 3 is 2.44 bits per heavy atom. The molecule has 18 heavy (non-hydrogen) atoms. The van der Waals surface area contributed by atoms with E-state index in [9.17, 15) is 5.11 Å². The number of hydrazine groups is 1. The molecule has 0 heterocycles. The van der Waals surface area contributed by atoms with Crippen LogP contribution in [0.25, 0.3) is 0 Å². The molecule has 1 aromatic carbocycles. The number of nitrogens with zero attached hydrogens (tertiary/aromatic N) is 1. The predicted molar refractivity (Wildman–Crippen MR) is 67.5 cm³/mol. The highest BCUT2D eigenvalue weighted by Gasteiger charge is 2.14. The first-order valence-electron chi connectivity index (χ1n) is 5.77. The molecule has 0 atom stereocenters. The largest absolute Gasteiger partial charge is 0.508 e. The Bertz CT molecular complexity index is 354. The number of phenols is 1. The van der Waals surface area contributed by atoms with Crippen molar-refractivity contribution in [3.8, 4) is 11.5 Å². The van der Waals surface area contributed by atoms with E-state index >= 15 is 0 Å². The topological polar surface area (TPSA) is 87.9 Å². The highest BCUT2D eigenvalue weighted by molar-refractivity contribution is 5.39. The zero-order valence-electron chi connectivity index (χ0n) is 10.5. The van der Waals surface area contributed by atoms with E-state index in [1.165, 1.54) is 0 Å². The molecule has 0 fully saturated rings. The van der Waals surface area contributed by atoms with Crippen molar-refractivity contribution in [2.24, 2.45) is 0 Å². The average molecular weight is 256 g/mol. The van der Waals surface area contributed by atoms with Crippen LogP contribution < -0.4 is 15.2 Å². The molecule has 0 spiro atoms. The number of aromatic hydroxyl groups is 1. The zero-order chi connectivity index (χ0) is 13.4. The number of methoxy groups -OCH3 is 1. The summed E-state index contributed by atoms with van der Waals surface area (Å²) in [7, 11) is 1.56. The lowest BCUT2D eigenvalue weighted by atomic mass is 10.2. The van der Waals surface area contributed by atoms with Crippen LogP contribution >= 0.6 is 0 Å². The van der Waals surface area contributed by atoms with Crippen LogP contribution in [0.15, 0.2) is 18.2 Å². The van der Waals surface area contributed by atoms with E-state index in [4.69, 9.17) is 14.9 Å². The number of benzene rings is 1. The smallest absolute Gasteiger partial charge is 0.167 e. The van der Waals surface area contributed by atoms with Gasteiger partial charge >= 0.3 is 0 Å². The summed E-state index contributed by atoms with van der Waals surface area (Å²) in [5.74, 6) is 0.844. The molecule has 0 saturated heterocycles. The maximum Gasteiger partial charge on any atom is 0.167 e. The summed E-state index contributed by atoms with van der Waals surface area (Å²) >= 11 is 0. The molecule has 1 aromatic rings. The Morgan fingerprint density at radius 2 is 1.89 bits per heavy atom. The highest BCUT2D eigenvalue weighted by atomic mass is 16.5. The Labute approximate surface area is 106 Å². The average Bonchev–Trinajstić information content (AvgIpc) is 2.38. The van der Waals surface area contributed by atoms with Gasteiger partial charge in [0.05, 0.1) is 26.9 Å². The Balaban J connectivity index is 2.60. The number of aliphatic hydroxyl groups excluding tert-OH is 2. The van der Waals surface area contributed by atoms with Crippen molar-refractivity contribution in [3.63, 3.8) is 0 Å². The molecule has 0 saturated carbocycles. The number of phenolic OH excluding ortho intramolecular Hbond substituents is 1. The van der Waals surface area contributed by atoms with Gasteiger partial charge in [-0.25, -0.2) is 0 Å². The number of nitrogens with one attached hydrogen (secondary N) is 1. The van der Waals surface area contributed by atoms with E-state index in [2.05, 4.69) is 5.43 Å². The minimum Gasteiger partial charge on any atom is -0.508 e. The molecule has 4 N–H and O–H groups in total. The van der Waals surface area contributed by atoms with Crippen molar-refractivity contribution in [1.29, 1.82) is 0 Å². The van der Waals surface area contributed by atoms with Crippen LogP contribution in [-0.2, 0) is 6.54 Å². The highest BCUT2D eigenvalue weighted by Crippen LogP contribution is 2.22. The lowest BCUT2D eigenvalue weighted by Crippen LogP contribution is -2.46. The zero-order valence-corrected chi connectivity index (χ0v) is 10.5. The summed E-state index contributed by atoms with van der Waals surface area (Å²) < 4.78 is 5.08. The number of hydrogen-bond donors (Lipinski definition) is 4. The first kappa shape index (κ1) is 14.7. The third-order valence-corrected chi connectivity index (χ3v) is 2.52. The van der Waals surface area contributed by atoms with Crippen molar-refractivity contribution < 1.29 is 20.1 Å². The SMILES string of the molecule is COc1ccc(O)c(CN[N+](CCO)CCO)c1.